The molecular formula is C31H38N2O7. The Balaban J connectivity index is 1.45. The lowest BCUT2D eigenvalue weighted by Gasteiger charge is -2.28. The minimum Gasteiger partial charge on any atom is -0.460 e. The van der Waals surface area contributed by atoms with E-state index in [0.717, 1.165) is 16.2 Å². The van der Waals surface area contributed by atoms with Crippen LogP contribution >= 0.6 is 0 Å². The van der Waals surface area contributed by atoms with Crippen LogP contribution in [0, 0.1) is 11.8 Å². The Morgan fingerprint density at radius 2 is 1.48 bits per heavy atom. The predicted octanol–water partition coefficient (Wildman–Crippen LogP) is 5.17. The number of amides is 3. The fraction of sp³-hybridized carbons (Fsp3) is 0.484. The minimum atomic E-state index is -0.652. The summed E-state index contributed by atoms with van der Waals surface area (Å²) in [5, 5.41) is 0.796. The molecule has 1 saturated heterocycles. The molecule has 214 valence electrons. The maximum atomic E-state index is 13.4. The molecule has 0 bridgehead atoms. The van der Waals surface area contributed by atoms with Crippen molar-refractivity contribution < 1.29 is 33.5 Å². The van der Waals surface area contributed by atoms with E-state index in [1.54, 1.807) is 29.2 Å². The largest absolute Gasteiger partial charge is 0.460 e. The van der Waals surface area contributed by atoms with Gasteiger partial charge in [-0.15, -0.1) is 5.06 Å². The maximum absolute atomic E-state index is 13.4. The number of hydroxylamine groups is 2. The third kappa shape index (κ3) is 7.07. The number of ether oxygens (including phenoxy) is 2. The molecule has 3 amide bonds. The molecule has 40 heavy (non-hydrogen) atoms. The summed E-state index contributed by atoms with van der Waals surface area (Å²) in [5.41, 5.74) is 1.02. The third-order valence-electron chi connectivity index (χ3n) is 6.72. The van der Waals surface area contributed by atoms with Crippen LogP contribution in [0.4, 0.5) is 4.79 Å². The molecule has 0 aromatic heterocycles. The first-order valence-corrected chi connectivity index (χ1v) is 13.6. The molecule has 2 heterocycles. The SMILES string of the molecule is CC(C)(C)OC(=O)[C@@H](Cc1cccc(CON2C(=O)c3ccccc3C2=O)c1)[C@H]1CCN(C(=O)OC(C)(C)C)C1. The Bertz CT molecular complexity index is 1260. The summed E-state index contributed by atoms with van der Waals surface area (Å²) in [6.07, 6.45) is 0.680. The van der Waals surface area contributed by atoms with Gasteiger partial charge in [0, 0.05) is 13.1 Å². The number of benzene rings is 2. The average Bonchev–Trinajstić information content (AvgIpc) is 3.44. The lowest BCUT2D eigenvalue weighted by atomic mass is 9.85. The highest BCUT2D eigenvalue weighted by molar-refractivity contribution is 6.20. The Kier molecular flexibility index (Phi) is 8.35. The van der Waals surface area contributed by atoms with Crippen molar-refractivity contribution in [3.8, 4) is 0 Å². The molecule has 0 N–H and O–H groups in total. The molecule has 2 atom stereocenters. The van der Waals surface area contributed by atoms with E-state index in [9.17, 15) is 19.2 Å². The molecule has 1 fully saturated rings. The van der Waals surface area contributed by atoms with Gasteiger partial charge in [0.05, 0.1) is 17.0 Å². The van der Waals surface area contributed by atoms with Crippen LogP contribution in [0.25, 0.3) is 0 Å². The molecule has 0 radical (unpaired) electrons. The van der Waals surface area contributed by atoms with Crippen molar-refractivity contribution in [2.45, 2.75) is 72.2 Å². The number of nitrogens with zero attached hydrogens (tertiary/aromatic N) is 2. The van der Waals surface area contributed by atoms with E-state index < -0.39 is 28.9 Å². The van der Waals surface area contributed by atoms with Gasteiger partial charge in [0.25, 0.3) is 11.8 Å². The van der Waals surface area contributed by atoms with Gasteiger partial charge >= 0.3 is 12.1 Å². The van der Waals surface area contributed by atoms with E-state index >= 15 is 0 Å². The van der Waals surface area contributed by atoms with Crippen molar-refractivity contribution >= 4 is 23.9 Å². The van der Waals surface area contributed by atoms with Crippen LogP contribution in [0.1, 0.15) is 79.8 Å². The normalized spacial score (nSPS) is 18.1. The van der Waals surface area contributed by atoms with E-state index in [0.29, 0.717) is 37.1 Å². The summed E-state index contributed by atoms with van der Waals surface area (Å²) in [4.78, 5) is 58.5. The number of esters is 1. The molecule has 0 saturated carbocycles. The molecule has 4 rings (SSSR count). The molecule has 2 aromatic carbocycles. The first kappa shape index (κ1) is 29.3. The number of hydrogen-bond acceptors (Lipinski definition) is 7. The van der Waals surface area contributed by atoms with Gasteiger partial charge in [-0.25, -0.2) is 4.79 Å². The van der Waals surface area contributed by atoms with Gasteiger partial charge in [-0.3, -0.25) is 19.2 Å². The third-order valence-corrected chi connectivity index (χ3v) is 6.72. The molecule has 9 nitrogen and oxygen atoms in total. The summed E-state index contributed by atoms with van der Waals surface area (Å²) in [5.74, 6) is -1.86. The molecule has 0 spiro atoms. The second kappa shape index (κ2) is 11.4. The summed E-state index contributed by atoms with van der Waals surface area (Å²) >= 11 is 0. The molecule has 2 aliphatic rings. The lowest BCUT2D eigenvalue weighted by Crippen LogP contribution is -2.38. The van der Waals surface area contributed by atoms with Gasteiger partial charge in [0.1, 0.15) is 17.8 Å². The van der Waals surface area contributed by atoms with E-state index in [-0.39, 0.29) is 24.6 Å². The van der Waals surface area contributed by atoms with Crippen LogP contribution in [0.2, 0.25) is 0 Å². The fourth-order valence-electron chi connectivity index (χ4n) is 4.95. The highest BCUT2D eigenvalue weighted by Crippen LogP contribution is 2.31. The zero-order chi connectivity index (χ0) is 29.2. The van der Waals surface area contributed by atoms with Gasteiger partial charge in [-0.1, -0.05) is 36.4 Å². The van der Waals surface area contributed by atoms with E-state index in [1.165, 1.54) is 0 Å². The van der Waals surface area contributed by atoms with Crippen molar-refractivity contribution in [2.24, 2.45) is 11.8 Å². The number of hydrogen-bond donors (Lipinski definition) is 0. The predicted molar refractivity (Wildman–Crippen MR) is 147 cm³/mol. The zero-order valence-electron chi connectivity index (χ0n) is 24.1. The smallest absolute Gasteiger partial charge is 0.410 e. The number of carbonyl (C=O) groups is 4. The summed E-state index contributed by atoms with van der Waals surface area (Å²) in [6, 6.07) is 14.1. The zero-order valence-corrected chi connectivity index (χ0v) is 24.1. The molecule has 2 aromatic rings. The number of carbonyl (C=O) groups excluding carboxylic acids is 4. The van der Waals surface area contributed by atoms with Crippen molar-refractivity contribution in [3.63, 3.8) is 0 Å². The monoisotopic (exact) mass is 550 g/mol. The second-order valence-corrected chi connectivity index (χ2v) is 12.4. The molecule has 9 heteroatoms. The van der Waals surface area contributed by atoms with Gasteiger partial charge in [0.15, 0.2) is 0 Å². The van der Waals surface area contributed by atoms with Crippen LogP contribution in [-0.4, -0.2) is 58.1 Å². The van der Waals surface area contributed by atoms with Crippen LogP contribution in [0.15, 0.2) is 48.5 Å². The number of rotatable bonds is 7. The molecule has 2 aliphatic heterocycles. The first-order chi connectivity index (χ1) is 18.7. The van der Waals surface area contributed by atoms with Gasteiger partial charge in [0.2, 0.25) is 0 Å². The van der Waals surface area contributed by atoms with Crippen LogP contribution in [0.5, 0.6) is 0 Å². The Morgan fingerprint density at radius 3 is 2.08 bits per heavy atom. The number of likely N-dealkylation sites (tertiary alicyclic amines) is 1. The lowest BCUT2D eigenvalue weighted by molar-refractivity contribution is -0.162. The quantitative estimate of drug-likeness (QED) is 0.346. The van der Waals surface area contributed by atoms with Crippen molar-refractivity contribution in [3.05, 3.63) is 70.8 Å². The van der Waals surface area contributed by atoms with Crippen molar-refractivity contribution in [2.75, 3.05) is 13.1 Å². The summed E-state index contributed by atoms with van der Waals surface area (Å²) < 4.78 is 11.3. The Labute approximate surface area is 235 Å². The molecule has 0 aliphatic carbocycles. The van der Waals surface area contributed by atoms with Gasteiger partial charge in [-0.05, 0) is 83.6 Å². The topological polar surface area (TPSA) is 102 Å². The van der Waals surface area contributed by atoms with Crippen LogP contribution < -0.4 is 0 Å². The van der Waals surface area contributed by atoms with E-state index in [4.69, 9.17) is 14.3 Å². The Hall–Kier alpha value is -3.72. The van der Waals surface area contributed by atoms with Crippen LogP contribution in [-0.2, 0) is 32.1 Å². The second-order valence-electron chi connectivity index (χ2n) is 12.4. The Morgan fingerprint density at radius 1 is 0.875 bits per heavy atom. The van der Waals surface area contributed by atoms with E-state index in [1.807, 2.05) is 65.8 Å². The van der Waals surface area contributed by atoms with Crippen molar-refractivity contribution in [1.82, 2.24) is 9.96 Å². The van der Waals surface area contributed by atoms with Gasteiger partial charge < -0.3 is 14.4 Å². The molecular weight excluding hydrogens is 512 g/mol. The molecule has 0 unspecified atom stereocenters. The fourth-order valence-corrected chi connectivity index (χ4v) is 4.95. The first-order valence-electron chi connectivity index (χ1n) is 13.6. The highest BCUT2D eigenvalue weighted by Gasteiger charge is 2.39. The average molecular weight is 551 g/mol. The number of imide groups is 1. The standard InChI is InChI=1S/C31H38N2O7/c1-30(2,3)39-28(36)25(22-14-15-32(18-22)29(37)40-31(4,5)6)17-20-10-9-11-21(16-20)19-38-33-26(34)23-12-7-8-13-24(23)27(33)35/h7-13,16,22,25H,14-15,17-19H2,1-6H3/t22-,25-/m0/s1. The van der Waals surface area contributed by atoms with Crippen LogP contribution in [0.3, 0.4) is 0 Å². The summed E-state index contributed by atoms with van der Waals surface area (Å²) in [7, 11) is 0. The maximum Gasteiger partial charge on any atom is 0.410 e. The van der Waals surface area contributed by atoms with Crippen molar-refractivity contribution in [1.29, 1.82) is 0 Å². The number of fused-ring (bicyclic) bond motifs is 1. The highest BCUT2D eigenvalue weighted by atomic mass is 16.7. The minimum absolute atomic E-state index is 0.00621. The summed E-state index contributed by atoms with van der Waals surface area (Å²) in [6.45, 7) is 11.9. The van der Waals surface area contributed by atoms with E-state index in [2.05, 4.69) is 0 Å². The van der Waals surface area contributed by atoms with Gasteiger partial charge in [-0.2, -0.15) is 0 Å².